The number of nitrogens with zero attached hydrogens (tertiary/aromatic N) is 2. The van der Waals surface area contributed by atoms with Gasteiger partial charge in [-0.3, -0.25) is 0 Å². The molecule has 1 aromatic heterocycles. The van der Waals surface area contributed by atoms with Gasteiger partial charge in [-0.25, -0.2) is 9.97 Å². The number of nitrogen functional groups attached to an aromatic ring is 1. The van der Waals surface area contributed by atoms with E-state index in [0.29, 0.717) is 5.02 Å². The van der Waals surface area contributed by atoms with Gasteiger partial charge < -0.3 is 11.1 Å². The average molecular weight is 215 g/mol. The van der Waals surface area contributed by atoms with Crippen molar-refractivity contribution < 1.29 is 0 Å². The van der Waals surface area contributed by atoms with Gasteiger partial charge in [-0.05, 0) is 26.3 Å². The van der Waals surface area contributed by atoms with Gasteiger partial charge in [0, 0.05) is 6.04 Å². The molecule has 0 amide bonds. The molecule has 0 radical (unpaired) electrons. The Morgan fingerprint density at radius 3 is 2.43 bits per heavy atom. The Kier molecular flexibility index (Phi) is 4.62. The summed E-state index contributed by atoms with van der Waals surface area (Å²) >= 11 is 5.43. The van der Waals surface area contributed by atoms with Gasteiger partial charge in [-0.1, -0.05) is 11.6 Å². The van der Waals surface area contributed by atoms with E-state index in [4.69, 9.17) is 17.3 Å². The lowest BCUT2D eigenvalue weighted by Gasteiger charge is -1.95. The molecule has 78 valence electrons. The molecule has 0 saturated carbocycles. The van der Waals surface area contributed by atoms with Gasteiger partial charge in [0.15, 0.2) is 0 Å². The van der Waals surface area contributed by atoms with Crippen LogP contribution in [0.15, 0.2) is 12.4 Å². The fourth-order valence-electron chi connectivity index (χ4n) is 1.18. The van der Waals surface area contributed by atoms with Crippen molar-refractivity contribution >= 4 is 17.5 Å². The monoisotopic (exact) mass is 214 g/mol. The summed E-state index contributed by atoms with van der Waals surface area (Å²) in [7, 11) is 0. The van der Waals surface area contributed by atoms with E-state index in [2.05, 4.69) is 22.2 Å². The zero-order chi connectivity index (χ0) is 10.4. The van der Waals surface area contributed by atoms with E-state index in [1.807, 2.05) is 0 Å². The van der Waals surface area contributed by atoms with Gasteiger partial charge >= 0.3 is 0 Å². The first-order valence-electron chi connectivity index (χ1n) is 4.65. The zero-order valence-corrected chi connectivity index (χ0v) is 8.96. The SMILES string of the molecule is CC1CCCN1.Nc1ncc(Cl)cn1. The number of hydrogen-bond acceptors (Lipinski definition) is 4. The first-order valence-corrected chi connectivity index (χ1v) is 5.02. The minimum atomic E-state index is 0.245. The lowest BCUT2D eigenvalue weighted by atomic mass is 10.3. The minimum Gasteiger partial charge on any atom is -0.368 e. The van der Waals surface area contributed by atoms with Gasteiger partial charge in [0.2, 0.25) is 5.95 Å². The molecule has 0 aromatic carbocycles. The largest absolute Gasteiger partial charge is 0.368 e. The van der Waals surface area contributed by atoms with Crippen LogP contribution in [0, 0.1) is 0 Å². The van der Waals surface area contributed by atoms with Crippen LogP contribution in [0.5, 0.6) is 0 Å². The smallest absolute Gasteiger partial charge is 0.220 e. The number of aromatic nitrogens is 2. The predicted octanol–water partition coefficient (Wildman–Crippen LogP) is 1.47. The van der Waals surface area contributed by atoms with Crippen LogP contribution >= 0.6 is 11.6 Å². The molecule has 1 aliphatic heterocycles. The van der Waals surface area contributed by atoms with E-state index in [0.717, 1.165) is 6.04 Å². The maximum Gasteiger partial charge on any atom is 0.220 e. The first-order chi connectivity index (χ1) is 6.68. The van der Waals surface area contributed by atoms with Crippen molar-refractivity contribution in [1.29, 1.82) is 0 Å². The predicted molar refractivity (Wildman–Crippen MR) is 58.2 cm³/mol. The highest BCUT2D eigenvalue weighted by molar-refractivity contribution is 6.30. The van der Waals surface area contributed by atoms with Crippen molar-refractivity contribution in [3.8, 4) is 0 Å². The molecule has 2 heterocycles. The third-order valence-electron chi connectivity index (χ3n) is 1.95. The normalized spacial score (nSPS) is 20.0. The Morgan fingerprint density at radius 2 is 2.14 bits per heavy atom. The molecule has 1 fully saturated rings. The molecular formula is C9H15ClN4. The van der Waals surface area contributed by atoms with E-state index >= 15 is 0 Å². The van der Waals surface area contributed by atoms with Crippen LogP contribution in [0.2, 0.25) is 5.02 Å². The molecule has 5 heteroatoms. The van der Waals surface area contributed by atoms with Crippen LogP contribution in [0.3, 0.4) is 0 Å². The molecule has 2 rings (SSSR count). The molecule has 0 bridgehead atoms. The molecule has 1 aliphatic rings. The summed E-state index contributed by atoms with van der Waals surface area (Å²) in [6, 6.07) is 0.796. The van der Waals surface area contributed by atoms with Crippen molar-refractivity contribution in [2.24, 2.45) is 0 Å². The molecule has 1 aromatic rings. The Hall–Kier alpha value is -0.870. The van der Waals surface area contributed by atoms with E-state index in [9.17, 15) is 0 Å². The quantitative estimate of drug-likeness (QED) is 0.687. The second-order valence-corrected chi connectivity index (χ2v) is 3.69. The Balaban J connectivity index is 0.000000146. The minimum absolute atomic E-state index is 0.245. The second kappa shape index (κ2) is 5.78. The Labute approximate surface area is 88.9 Å². The van der Waals surface area contributed by atoms with Crippen molar-refractivity contribution in [3.63, 3.8) is 0 Å². The van der Waals surface area contributed by atoms with E-state index in [1.54, 1.807) is 0 Å². The van der Waals surface area contributed by atoms with Crippen LogP contribution < -0.4 is 11.1 Å². The topological polar surface area (TPSA) is 63.8 Å². The molecule has 0 aliphatic carbocycles. The first kappa shape index (κ1) is 11.2. The van der Waals surface area contributed by atoms with E-state index in [1.165, 1.54) is 31.8 Å². The van der Waals surface area contributed by atoms with Crippen LogP contribution in [0.1, 0.15) is 19.8 Å². The third-order valence-corrected chi connectivity index (χ3v) is 2.14. The number of rotatable bonds is 0. The molecule has 14 heavy (non-hydrogen) atoms. The summed E-state index contributed by atoms with van der Waals surface area (Å²) in [5.74, 6) is 0.245. The van der Waals surface area contributed by atoms with Crippen molar-refractivity contribution in [3.05, 3.63) is 17.4 Å². The van der Waals surface area contributed by atoms with E-state index < -0.39 is 0 Å². The van der Waals surface area contributed by atoms with Gasteiger partial charge in [-0.2, -0.15) is 0 Å². The lowest BCUT2D eigenvalue weighted by molar-refractivity contribution is 0.664. The van der Waals surface area contributed by atoms with Crippen LogP contribution in [0.25, 0.3) is 0 Å². The molecule has 3 N–H and O–H groups in total. The standard InChI is InChI=1S/C5H11N.C4H4ClN3/c1-5-3-2-4-6-5;5-3-1-7-4(6)8-2-3/h5-6H,2-4H2,1H3;1-2H,(H2,6,7,8). The summed E-state index contributed by atoms with van der Waals surface area (Å²) in [6.45, 7) is 3.47. The number of nitrogens with two attached hydrogens (primary N) is 1. The van der Waals surface area contributed by atoms with Crippen molar-refractivity contribution in [1.82, 2.24) is 15.3 Å². The zero-order valence-electron chi connectivity index (χ0n) is 8.20. The molecule has 0 spiro atoms. The summed E-state index contributed by atoms with van der Waals surface area (Å²) in [5.41, 5.74) is 5.15. The summed E-state index contributed by atoms with van der Waals surface area (Å²) in [6.07, 6.45) is 5.65. The molecular weight excluding hydrogens is 200 g/mol. The maximum atomic E-state index is 5.43. The van der Waals surface area contributed by atoms with Gasteiger partial charge in [0.25, 0.3) is 0 Å². The highest BCUT2D eigenvalue weighted by Gasteiger charge is 2.05. The van der Waals surface area contributed by atoms with Gasteiger partial charge in [0.05, 0.1) is 17.4 Å². The highest BCUT2D eigenvalue weighted by Crippen LogP contribution is 2.02. The lowest BCUT2D eigenvalue weighted by Crippen LogP contribution is -2.16. The fraction of sp³-hybridized carbons (Fsp3) is 0.556. The van der Waals surface area contributed by atoms with Gasteiger partial charge in [0.1, 0.15) is 0 Å². The summed E-state index contributed by atoms with van der Waals surface area (Å²) in [4.78, 5) is 7.23. The Bertz CT molecular complexity index is 235. The number of anilines is 1. The Morgan fingerprint density at radius 1 is 1.50 bits per heavy atom. The molecule has 1 unspecified atom stereocenters. The van der Waals surface area contributed by atoms with Crippen molar-refractivity contribution in [2.45, 2.75) is 25.8 Å². The second-order valence-electron chi connectivity index (χ2n) is 3.26. The van der Waals surface area contributed by atoms with Crippen LogP contribution in [0.4, 0.5) is 5.95 Å². The number of nitrogens with one attached hydrogen (secondary N) is 1. The van der Waals surface area contributed by atoms with Crippen molar-refractivity contribution in [2.75, 3.05) is 12.3 Å². The average Bonchev–Trinajstić information content (AvgIpc) is 2.63. The maximum absolute atomic E-state index is 5.43. The fourth-order valence-corrected chi connectivity index (χ4v) is 1.28. The summed E-state index contributed by atoms with van der Waals surface area (Å²) < 4.78 is 0. The van der Waals surface area contributed by atoms with Crippen LogP contribution in [-0.4, -0.2) is 22.6 Å². The van der Waals surface area contributed by atoms with E-state index in [-0.39, 0.29) is 5.95 Å². The molecule has 4 nitrogen and oxygen atoms in total. The van der Waals surface area contributed by atoms with Crippen LogP contribution in [-0.2, 0) is 0 Å². The number of hydrogen-bond donors (Lipinski definition) is 2. The summed E-state index contributed by atoms with van der Waals surface area (Å²) in [5, 5.41) is 3.82. The highest BCUT2D eigenvalue weighted by atomic mass is 35.5. The number of halogens is 1. The molecule has 1 atom stereocenters. The third kappa shape index (κ3) is 4.39. The molecule has 1 saturated heterocycles. The van der Waals surface area contributed by atoms with Gasteiger partial charge in [-0.15, -0.1) is 0 Å².